The topological polar surface area (TPSA) is 71.4 Å². The van der Waals surface area contributed by atoms with E-state index in [1.54, 1.807) is 22.5 Å². The molecule has 0 saturated carbocycles. The summed E-state index contributed by atoms with van der Waals surface area (Å²) in [6, 6.07) is 14.6. The predicted molar refractivity (Wildman–Crippen MR) is 127 cm³/mol. The van der Waals surface area contributed by atoms with Crippen molar-refractivity contribution in [3.05, 3.63) is 65.3 Å². The molecule has 2 heterocycles. The van der Waals surface area contributed by atoms with Crippen molar-refractivity contribution < 1.29 is 13.2 Å². The first-order valence-electron chi connectivity index (χ1n) is 10.9. The van der Waals surface area contributed by atoms with Gasteiger partial charge < -0.3 is 9.88 Å². The molecule has 1 amide bonds. The highest BCUT2D eigenvalue weighted by atomic mass is 35.5. The lowest BCUT2D eigenvalue weighted by Crippen LogP contribution is -2.37. The number of amides is 1. The molecule has 4 rings (SSSR count). The monoisotopic (exact) mass is 473 g/mol. The zero-order valence-electron chi connectivity index (χ0n) is 18.1. The summed E-state index contributed by atoms with van der Waals surface area (Å²) < 4.78 is 29.6. The number of rotatable bonds is 7. The first kappa shape index (κ1) is 22.8. The highest BCUT2D eigenvalue weighted by Crippen LogP contribution is 2.26. The predicted octanol–water partition coefficient (Wildman–Crippen LogP) is 4.42. The van der Waals surface area contributed by atoms with E-state index in [1.807, 2.05) is 41.1 Å². The van der Waals surface area contributed by atoms with Crippen molar-refractivity contribution in [2.75, 3.05) is 13.1 Å². The van der Waals surface area contributed by atoms with Gasteiger partial charge in [0.1, 0.15) is 0 Å². The Bertz CT molecular complexity index is 1210. The van der Waals surface area contributed by atoms with Gasteiger partial charge in [0.2, 0.25) is 15.9 Å². The second-order valence-electron chi connectivity index (χ2n) is 8.43. The molecular weight excluding hydrogens is 446 g/mol. The molecule has 1 fully saturated rings. The fourth-order valence-corrected chi connectivity index (χ4v) is 5.76. The van der Waals surface area contributed by atoms with Gasteiger partial charge >= 0.3 is 0 Å². The molecule has 3 aromatic rings. The molecule has 0 atom stereocenters. The third kappa shape index (κ3) is 5.00. The first-order chi connectivity index (χ1) is 15.3. The van der Waals surface area contributed by atoms with Crippen LogP contribution in [0.5, 0.6) is 0 Å². The normalized spacial score (nSPS) is 15.8. The Morgan fingerprint density at radius 3 is 2.62 bits per heavy atom. The minimum atomic E-state index is -3.48. The number of aryl methyl sites for hydroxylation is 1. The number of fused-ring (bicyclic) bond motifs is 1. The molecule has 0 spiro atoms. The Labute approximate surface area is 194 Å². The van der Waals surface area contributed by atoms with E-state index in [2.05, 4.69) is 12.2 Å². The van der Waals surface area contributed by atoms with Crippen molar-refractivity contribution in [2.24, 2.45) is 5.92 Å². The summed E-state index contributed by atoms with van der Waals surface area (Å²) in [5.41, 5.74) is 1.79. The van der Waals surface area contributed by atoms with Gasteiger partial charge in [-0.25, -0.2) is 8.42 Å². The zero-order chi connectivity index (χ0) is 22.7. The lowest BCUT2D eigenvalue weighted by Gasteiger charge is -2.29. The number of carbonyl (C=O) groups excluding carboxylic acids is 1. The highest BCUT2D eigenvalue weighted by molar-refractivity contribution is 7.89. The van der Waals surface area contributed by atoms with Crippen LogP contribution in [0.4, 0.5) is 0 Å². The van der Waals surface area contributed by atoms with E-state index in [1.165, 1.54) is 0 Å². The fraction of sp³-hybridized carbons (Fsp3) is 0.375. The van der Waals surface area contributed by atoms with E-state index in [9.17, 15) is 13.2 Å². The number of carbonyl (C=O) groups is 1. The van der Waals surface area contributed by atoms with Crippen LogP contribution in [0.3, 0.4) is 0 Å². The van der Waals surface area contributed by atoms with Crippen molar-refractivity contribution in [3.8, 4) is 0 Å². The Balaban J connectivity index is 1.39. The molecule has 8 heteroatoms. The van der Waals surface area contributed by atoms with Crippen LogP contribution < -0.4 is 5.32 Å². The Hall–Kier alpha value is -2.35. The number of piperidine rings is 1. The summed E-state index contributed by atoms with van der Waals surface area (Å²) in [6.45, 7) is 4.21. The molecule has 1 aliphatic rings. The van der Waals surface area contributed by atoms with Gasteiger partial charge in [0, 0.05) is 54.7 Å². The second-order valence-corrected chi connectivity index (χ2v) is 10.8. The smallest absolute Gasteiger partial charge is 0.243 e. The van der Waals surface area contributed by atoms with Crippen LogP contribution in [-0.4, -0.2) is 36.3 Å². The van der Waals surface area contributed by atoms with Gasteiger partial charge in [0.15, 0.2) is 0 Å². The number of hydrogen-bond donors (Lipinski definition) is 1. The lowest BCUT2D eigenvalue weighted by atomic mass is 10.0. The molecule has 0 aliphatic carbocycles. The number of nitrogens with zero attached hydrogens (tertiary/aromatic N) is 2. The summed E-state index contributed by atoms with van der Waals surface area (Å²) in [7, 11) is -3.48. The van der Waals surface area contributed by atoms with E-state index in [0.29, 0.717) is 48.4 Å². The lowest BCUT2D eigenvalue weighted by molar-refractivity contribution is -0.121. The van der Waals surface area contributed by atoms with Gasteiger partial charge in [-0.2, -0.15) is 4.31 Å². The number of nitrogens with one attached hydrogen (secondary N) is 1. The van der Waals surface area contributed by atoms with Gasteiger partial charge in [-0.3, -0.25) is 4.79 Å². The first-order valence-corrected chi connectivity index (χ1v) is 12.8. The van der Waals surface area contributed by atoms with Crippen molar-refractivity contribution in [3.63, 3.8) is 0 Å². The largest absolute Gasteiger partial charge is 0.352 e. The van der Waals surface area contributed by atoms with E-state index in [4.69, 9.17) is 11.6 Å². The maximum atomic E-state index is 13.0. The van der Waals surface area contributed by atoms with Crippen molar-refractivity contribution in [1.29, 1.82) is 0 Å². The van der Waals surface area contributed by atoms with Crippen molar-refractivity contribution in [2.45, 2.75) is 44.2 Å². The average Bonchev–Trinajstić information content (AvgIpc) is 3.20. The third-order valence-electron chi connectivity index (χ3n) is 6.14. The highest BCUT2D eigenvalue weighted by Gasteiger charge is 2.28. The van der Waals surface area contributed by atoms with Crippen molar-refractivity contribution in [1.82, 2.24) is 14.2 Å². The molecule has 1 aliphatic heterocycles. The average molecular weight is 474 g/mol. The molecule has 0 radical (unpaired) electrons. The minimum absolute atomic E-state index is 0.0645. The van der Waals surface area contributed by atoms with Crippen LogP contribution in [0.2, 0.25) is 5.02 Å². The van der Waals surface area contributed by atoms with Gasteiger partial charge in [-0.05, 0) is 54.7 Å². The summed E-state index contributed by atoms with van der Waals surface area (Å²) in [5, 5.41) is 4.39. The van der Waals surface area contributed by atoms with Crippen LogP contribution in [0.25, 0.3) is 10.9 Å². The minimum Gasteiger partial charge on any atom is -0.352 e. The summed E-state index contributed by atoms with van der Waals surface area (Å²) in [5.74, 6) is 0.505. The molecular formula is C24H28ClN3O3S. The SMILES string of the molecule is CC1CCN(S(=O)(=O)c2ccc3c(ccn3CCC(=O)NCc3ccccc3Cl)c2)CC1. The maximum Gasteiger partial charge on any atom is 0.243 e. The molecule has 2 aromatic carbocycles. The molecule has 1 saturated heterocycles. The van der Waals surface area contributed by atoms with E-state index >= 15 is 0 Å². The quantitative estimate of drug-likeness (QED) is 0.552. The number of benzene rings is 2. The van der Waals surface area contributed by atoms with Gasteiger partial charge in [-0.1, -0.05) is 36.7 Å². The number of hydrogen-bond acceptors (Lipinski definition) is 3. The van der Waals surface area contributed by atoms with Gasteiger partial charge in [0.05, 0.1) is 4.90 Å². The zero-order valence-corrected chi connectivity index (χ0v) is 19.7. The number of sulfonamides is 1. The molecule has 170 valence electrons. The van der Waals surface area contributed by atoms with E-state index < -0.39 is 10.0 Å². The Morgan fingerprint density at radius 1 is 1.12 bits per heavy atom. The van der Waals surface area contributed by atoms with Crippen LogP contribution in [-0.2, 0) is 27.9 Å². The number of halogens is 1. The van der Waals surface area contributed by atoms with Crippen LogP contribution >= 0.6 is 11.6 Å². The Kier molecular flexibility index (Phi) is 6.88. The van der Waals surface area contributed by atoms with Crippen molar-refractivity contribution >= 4 is 38.4 Å². The maximum absolute atomic E-state index is 13.0. The standard InChI is InChI=1S/C24H28ClN3O3S/c1-18-8-14-28(15-9-18)32(30,31)21-6-7-23-19(16-21)10-12-27(23)13-11-24(29)26-17-20-4-2-3-5-22(20)25/h2-7,10,12,16,18H,8-9,11,13-15,17H2,1H3,(H,26,29). The number of aromatic nitrogens is 1. The van der Waals surface area contributed by atoms with Crippen LogP contribution in [0.15, 0.2) is 59.6 Å². The molecule has 6 nitrogen and oxygen atoms in total. The third-order valence-corrected chi connectivity index (χ3v) is 8.40. The molecule has 0 unspecified atom stereocenters. The van der Waals surface area contributed by atoms with E-state index in [0.717, 1.165) is 29.3 Å². The van der Waals surface area contributed by atoms with E-state index in [-0.39, 0.29) is 5.91 Å². The van der Waals surface area contributed by atoms with Gasteiger partial charge in [-0.15, -0.1) is 0 Å². The van der Waals surface area contributed by atoms with Crippen LogP contribution in [0, 0.1) is 5.92 Å². The summed E-state index contributed by atoms with van der Waals surface area (Å²) in [6.07, 6.45) is 4.01. The molecule has 0 bridgehead atoms. The molecule has 1 aromatic heterocycles. The van der Waals surface area contributed by atoms with Crippen LogP contribution in [0.1, 0.15) is 31.7 Å². The second kappa shape index (κ2) is 9.65. The summed E-state index contributed by atoms with van der Waals surface area (Å²) >= 11 is 6.13. The fourth-order valence-electron chi connectivity index (χ4n) is 4.05. The molecule has 32 heavy (non-hydrogen) atoms. The Morgan fingerprint density at radius 2 is 1.88 bits per heavy atom. The molecule has 1 N–H and O–H groups in total. The summed E-state index contributed by atoms with van der Waals surface area (Å²) in [4.78, 5) is 12.6. The van der Waals surface area contributed by atoms with Gasteiger partial charge in [0.25, 0.3) is 0 Å².